The number of nitrogen functional groups attached to an aromatic ring is 1. The molecule has 2 N–H and O–H groups in total. The number of aryl methyl sites for hydroxylation is 2. The molecule has 0 atom stereocenters. The summed E-state index contributed by atoms with van der Waals surface area (Å²) in [5, 5.41) is 4.77. The number of anilines is 1. The zero-order chi connectivity index (χ0) is 11.0. The van der Waals surface area contributed by atoms with Crippen molar-refractivity contribution in [3.63, 3.8) is 0 Å². The van der Waals surface area contributed by atoms with E-state index in [2.05, 4.69) is 5.10 Å². The molecule has 0 saturated heterocycles. The Balaban J connectivity index is 2.58. The van der Waals surface area contributed by atoms with Crippen molar-refractivity contribution in [3.8, 4) is 11.1 Å². The smallest absolute Gasteiger partial charge is 0.0568 e. The van der Waals surface area contributed by atoms with Crippen molar-refractivity contribution in [2.45, 2.75) is 6.92 Å². The maximum Gasteiger partial charge on any atom is 0.0568 e. The number of hydrogen-bond donors (Lipinski definition) is 1. The van der Waals surface area contributed by atoms with E-state index in [1.807, 2.05) is 26.2 Å². The van der Waals surface area contributed by atoms with Gasteiger partial charge in [0.05, 0.1) is 11.2 Å². The van der Waals surface area contributed by atoms with Gasteiger partial charge in [0.25, 0.3) is 0 Å². The Morgan fingerprint density at radius 1 is 1.40 bits per heavy atom. The first-order valence-electron chi connectivity index (χ1n) is 4.62. The van der Waals surface area contributed by atoms with Gasteiger partial charge in [0.15, 0.2) is 0 Å². The van der Waals surface area contributed by atoms with E-state index in [-0.39, 0.29) is 0 Å². The number of halogens is 1. The molecular formula is C11H12ClN3. The van der Waals surface area contributed by atoms with E-state index in [9.17, 15) is 0 Å². The van der Waals surface area contributed by atoms with Crippen molar-refractivity contribution in [1.29, 1.82) is 0 Å². The number of hydrogen-bond acceptors (Lipinski definition) is 2. The van der Waals surface area contributed by atoms with Gasteiger partial charge in [0.2, 0.25) is 0 Å². The fraction of sp³-hybridized carbons (Fsp3) is 0.182. The molecule has 4 heteroatoms. The molecule has 0 amide bonds. The first kappa shape index (κ1) is 10.1. The molecule has 3 nitrogen and oxygen atoms in total. The van der Waals surface area contributed by atoms with Crippen molar-refractivity contribution in [1.82, 2.24) is 9.78 Å². The van der Waals surface area contributed by atoms with Gasteiger partial charge in [-0.2, -0.15) is 5.10 Å². The Labute approximate surface area is 93.5 Å². The molecule has 2 rings (SSSR count). The third-order valence-electron chi connectivity index (χ3n) is 2.37. The minimum absolute atomic E-state index is 0.658. The highest BCUT2D eigenvalue weighted by molar-refractivity contribution is 6.33. The van der Waals surface area contributed by atoms with Crippen LogP contribution in [0.5, 0.6) is 0 Å². The minimum atomic E-state index is 0.658. The lowest BCUT2D eigenvalue weighted by Gasteiger charge is -2.05. The van der Waals surface area contributed by atoms with Gasteiger partial charge < -0.3 is 5.73 Å². The predicted molar refractivity (Wildman–Crippen MR) is 62.8 cm³/mol. The van der Waals surface area contributed by atoms with Crippen LogP contribution in [0.2, 0.25) is 5.02 Å². The number of nitrogens with two attached hydrogens (primary N) is 1. The maximum absolute atomic E-state index is 6.13. The van der Waals surface area contributed by atoms with Crippen LogP contribution >= 0.6 is 11.6 Å². The van der Waals surface area contributed by atoms with Crippen LogP contribution < -0.4 is 5.73 Å². The molecule has 0 aliphatic heterocycles. The fourth-order valence-electron chi connectivity index (χ4n) is 1.48. The highest BCUT2D eigenvalue weighted by Gasteiger charge is 2.07. The molecule has 1 aromatic heterocycles. The van der Waals surface area contributed by atoms with Crippen LogP contribution in [0.4, 0.5) is 5.69 Å². The second-order valence-electron chi connectivity index (χ2n) is 3.59. The molecule has 0 radical (unpaired) electrons. The van der Waals surface area contributed by atoms with Crippen molar-refractivity contribution in [2.75, 3.05) is 5.73 Å². The van der Waals surface area contributed by atoms with Crippen molar-refractivity contribution >= 4 is 17.3 Å². The summed E-state index contributed by atoms with van der Waals surface area (Å²) in [6.45, 7) is 1.96. The minimum Gasteiger partial charge on any atom is -0.398 e. The molecule has 0 bridgehead atoms. The quantitative estimate of drug-likeness (QED) is 0.753. The molecule has 0 spiro atoms. The van der Waals surface area contributed by atoms with Crippen LogP contribution in [0.15, 0.2) is 24.5 Å². The SMILES string of the molecule is Cc1cc(-c2cnn(C)c2)c(Cl)cc1N. The lowest BCUT2D eigenvalue weighted by Crippen LogP contribution is -1.90. The molecule has 0 unspecified atom stereocenters. The molecule has 0 aliphatic rings. The summed E-state index contributed by atoms with van der Waals surface area (Å²) in [5.74, 6) is 0. The predicted octanol–water partition coefficient (Wildman–Crippen LogP) is 2.63. The van der Waals surface area contributed by atoms with Gasteiger partial charge >= 0.3 is 0 Å². The van der Waals surface area contributed by atoms with Crippen molar-refractivity contribution in [2.24, 2.45) is 7.05 Å². The van der Waals surface area contributed by atoms with E-state index in [1.165, 1.54) is 0 Å². The maximum atomic E-state index is 6.13. The second-order valence-corrected chi connectivity index (χ2v) is 4.00. The normalized spacial score (nSPS) is 10.6. The average molecular weight is 222 g/mol. The Kier molecular flexibility index (Phi) is 2.40. The van der Waals surface area contributed by atoms with E-state index in [4.69, 9.17) is 17.3 Å². The summed E-state index contributed by atoms with van der Waals surface area (Å²) in [6, 6.07) is 3.76. The van der Waals surface area contributed by atoms with Crippen LogP contribution in [-0.4, -0.2) is 9.78 Å². The average Bonchev–Trinajstić information content (AvgIpc) is 2.58. The van der Waals surface area contributed by atoms with Gasteiger partial charge in [-0.3, -0.25) is 4.68 Å². The van der Waals surface area contributed by atoms with Gasteiger partial charge in [-0.05, 0) is 24.6 Å². The Morgan fingerprint density at radius 3 is 2.73 bits per heavy atom. The lowest BCUT2D eigenvalue weighted by atomic mass is 10.1. The Morgan fingerprint density at radius 2 is 2.13 bits per heavy atom. The van der Waals surface area contributed by atoms with Gasteiger partial charge in [0.1, 0.15) is 0 Å². The molecule has 0 saturated carbocycles. The topological polar surface area (TPSA) is 43.8 Å². The van der Waals surface area contributed by atoms with E-state index in [0.717, 1.165) is 16.7 Å². The first-order valence-corrected chi connectivity index (χ1v) is 5.00. The van der Waals surface area contributed by atoms with E-state index >= 15 is 0 Å². The summed E-state index contributed by atoms with van der Waals surface area (Å²) in [7, 11) is 1.88. The summed E-state index contributed by atoms with van der Waals surface area (Å²) in [4.78, 5) is 0. The highest BCUT2D eigenvalue weighted by Crippen LogP contribution is 2.31. The molecule has 1 heterocycles. The fourth-order valence-corrected chi connectivity index (χ4v) is 1.76. The number of benzene rings is 1. The van der Waals surface area contributed by atoms with Crippen LogP contribution in [0.3, 0.4) is 0 Å². The van der Waals surface area contributed by atoms with Crippen molar-refractivity contribution < 1.29 is 0 Å². The van der Waals surface area contributed by atoms with Crippen LogP contribution in [-0.2, 0) is 7.05 Å². The number of aromatic nitrogens is 2. The van der Waals surface area contributed by atoms with Gasteiger partial charge in [-0.1, -0.05) is 11.6 Å². The molecule has 78 valence electrons. The van der Waals surface area contributed by atoms with Crippen LogP contribution in [0.1, 0.15) is 5.56 Å². The van der Waals surface area contributed by atoms with Crippen LogP contribution in [0, 0.1) is 6.92 Å². The van der Waals surface area contributed by atoms with E-state index < -0.39 is 0 Å². The molecule has 1 aromatic carbocycles. The molecule has 0 aliphatic carbocycles. The molecule has 15 heavy (non-hydrogen) atoms. The Hall–Kier alpha value is -1.48. The molecule has 2 aromatic rings. The van der Waals surface area contributed by atoms with E-state index in [0.29, 0.717) is 10.7 Å². The van der Waals surface area contributed by atoms with Gasteiger partial charge in [-0.25, -0.2) is 0 Å². The van der Waals surface area contributed by atoms with Gasteiger partial charge in [-0.15, -0.1) is 0 Å². The summed E-state index contributed by atoms with van der Waals surface area (Å²) < 4.78 is 1.75. The summed E-state index contributed by atoms with van der Waals surface area (Å²) in [6.07, 6.45) is 3.72. The molecular weight excluding hydrogens is 210 g/mol. The monoisotopic (exact) mass is 221 g/mol. The first-order chi connectivity index (χ1) is 7.08. The zero-order valence-corrected chi connectivity index (χ0v) is 9.42. The standard InChI is InChI=1S/C11H12ClN3/c1-7-3-9(10(12)4-11(7)13)8-5-14-15(2)6-8/h3-6H,13H2,1-2H3. The van der Waals surface area contributed by atoms with Gasteiger partial charge in [0, 0.05) is 30.1 Å². The van der Waals surface area contributed by atoms with Crippen LogP contribution in [0.25, 0.3) is 11.1 Å². The van der Waals surface area contributed by atoms with E-state index in [1.54, 1.807) is 16.9 Å². The summed E-state index contributed by atoms with van der Waals surface area (Å²) >= 11 is 6.13. The zero-order valence-electron chi connectivity index (χ0n) is 8.66. The highest BCUT2D eigenvalue weighted by atomic mass is 35.5. The largest absolute Gasteiger partial charge is 0.398 e. The Bertz CT molecular complexity index is 503. The number of nitrogens with zero attached hydrogens (tertiary/aromatic N) is 2. The molecule has 0 fully saturated rings. The number of rotatable bonds is 1. The third-order valence-corrected chi connectivity index (χ3v) is 2.68. The summed E-state index contributed by atoms with van der Waals surface area (Å²) in [5.41, 5.74) is 9.48. The van der Waals surface area contributed by atoms with Crippen molar-refractivity contribution in [3.05, 3.63) is 35.1 Å². The second kappa shape index (κ2) is 3.59. The lowest BCUT2D eigenvalue weighted by molar-refractivity contribution is 0.768. The third kappa shape index (κ3) is 1.83.